The van der Waals surface area contributed by atoms with Crippen LogP contribution in [0.25, 0.3) is 6.08 Å². The fourth-order valence-corrected chi connectivity index (χ4v) is 3.85. The summed E-state index contributed by atoms with van der Waals surface area (Å²) in [5.41, 5.74) is -0.336. The number of thioether (sulfide) groups is 1. The Morgan fingerprint density at radius 2 is 1.63 bits per heavy atom. The first-order valence-electron chi connectivity index (χ1n) is 9.89. The third-order valence-electron chi connectivity index (χ3n) is 4.56. The molecule has 0 aliphatic carbocycles. The second kappa shape index (κ2) is 9.97. The van der Waals surface area contributed by atoms with Crippen molar-refractivity contribution in [2.45, 2.75) is 0 Å². The molecule has 1 aliphatic rings. The molecule has 1 saturated heterocycles. The van der Waals surface area contributed by atoms with E-state index in [1.807, 2.05) is 18.2 Å². The molecule has 0 radical (unpaired) electrons. The van der Waals surface area contributed by atoms with Crippen molar-refractivity contribution in [1.82, 2.24) is 5.32 Å². The number of esters is 1. The van der Waals surface area contributed by atoms with Crippen LogP contribution in [0, 0.1) is 20.2 Å². The Bertz CT molecular complexity index is 1390. The van der Waals surface area contributed by atoms with E-state index in [1.54, 1.807) is 30.3 Å². The van der Waals surface area contributed by atoms with Crippen molar-refractivity contribution in [1.29, 1.82) is 0 Å². The molecule has 174 valence electrons. The Kier molecular flexibility index (Phi) is 6.64. The van der Waals surface area contributed by atoms with Crippen molar-refractivity contribution in [2.75, 3.05) is 0 Å². The number of amides is 1. The van der Waals surface area contributed by atoms with E-state index in [1.165, 1.54) is 12.1 Å². The normalized spacial score (nSPS) is 15.1. The van der Waals surface area contributed by atoms with Crippen LogP contribution < -0.4 is 10.1 Å². The van der Waals surface area contributed by atoms with Gasteiger partial charge in [-0.1, -0.05) is 30.3 Å². The number of nitro groups is 2. The van der Waals surface area contributed by atoms with Gasteiger partial charge in [-0.25, -0.2) is 9.79 Å². The first-order chi connectivity index (χ1) is 16.8. The quantitative estimate of drug-likeness (QED) is 0.173. The minimum Gasteiger partial charge on any atom is -0.423 e. The summed E-state index contributed by atoms with van der Waals surface area (Å²) in [5.74, 6) is -1.26. The predicted molar refractivity (Wildman–Crippen MR) is 128 cm³/mol. The average molecular weight is 490 g/mol. The van der Waals surface area contributed by atoms with Crippen LogP contribution in [0.5, 0.6) is 5.75 Å². The van der Waals surface area contributed by atoms with Gasteiger partial charge in [0.1, 0.15) is 5.75 Å². The smallest absolute Gasteiger partial charge is 0.344 e. The van der Waals surface area contributed by atoms with Crippen LogP contribution in [0.3, 0.4) is 0 Å². The molecule has 0 unspecified atom stereocenters. The maximum atomic E-state index is 12.5. The lowest BCUT2D eigenvalue weighted by molar-refractivity contribution is -0.394. The molecule has 1 fully saturated rings. The van der Waals surface area contributed by atoms with E-state index in [0.717, 1.165) is 30.0 Å². The molecule has 35 heavy (non-hydrogen) atoms. The lowest BCUT2D eigenvalue weighted by Gasteiger charge is -2.06. The number of aliphatic imine (C=N–C) groups is 1. The molecule has 1 amide bonds. The standard InChI is InChI=1S/C23H14N4O7S/c28-21-20(35-23(25-21)24-16-6-2-1-3-7-16)10-14-5-4-8-19(9-14)34-22(29)15-11-17(26(30)31)13-18(12-15)27(32)33/h1-13H,(H,24,25,28)/b20-10+. The van der Waals surface area contributed by atoms with E-state index in [9.17, 15) is 29.8 Å². The fraction of sp³-hybridized carbons (Fsp3) is 0. The molecule has 0 aromatic heterocycles. The number of hydrogen-bond donors (Lipinski definition) is 1. The summed E-state index contributed by atoms with van der Waals surface area (Å²) in [5, 5.41) is 25.2. The molecule has 0 bridgehead atoms. The van der Waals surface area contributed by atoms with Crippen molar-refractivity contribution in [3.05, 3.63) is 109 Å². The Morgan fingerprint density at radius 3 is 2.29 bits per heavy atom. The Hall–Kier alpha value is -4.84. The second-order valence-electron chi connectivity index (χ2n) is 7.03. The lowest BCUT2D eigenvalue weighted by atomic mass is 10.1. The second-order valence-corrected chi connectivity index (χ2v) is 8.06. The Morgan fingerprint density at radius 1 is 0.943 bits per heavy atom. The van der Waals surface area contributed by atoms with Crippen LogP contribution in [0.1, 0.15) is 15.9 Å². The molecule has 0 saturated carbocycles. The van der Waals surface area contributed by atoms with Crippen LogP contribution >= 0.6 is 11.8 Å². The molecule has 1 aliphatic heterocycles. The van der Waals surface area contributed by atoms with Gasteiger partial charge < -0.3 is 10.1 Å². The van der Waals surface area contributed by atoms with E-state index in [4.69, 9.17) is 4.74 Å². The van der Waals surface area contributed by atoms with Gasteiger partial charge in [-0.3, -0.25) is 25.0 Å². The molecule has 0 spiro atoms. The summed E-state index contributed by atoms with van der Waals surface area (Å²) in [6.07, 6.45) is 1.59. The highest BCUT2D eigenvalue weighted by Gasteiger charge is 2.24. The highest BCUT2D eigenvalue weighted by molar-refractivity contribution is 8.18. The zero-order valence-corrected chi connectivity index (χ0v) is 18.4. The first-order valence-corrected chi connectivity index (χ1v) is 10.7. The molecule has 3 aromatic rings. The number of rotatable bonds is 6. The minimum atomic E-state index is -1.01. The van der Waals surface area contributed by atoms with Gasteiger partial charge in [-0.2, -0.15) is 0 Å². The summed E-state index contributed by atoms with van der Waals surface area (Å²) < 4.78 is 5.26. The number of carbonyl (C=O) groups is 2. The lowest BCUT2D eigenvalue weighted by Crippen LogP contribution is -2.19. The molecule has 12 heteroatoms. The van der Waals surface area contributed by atoms with Crippen LogP contribution in [-0.4, -0.2) is 26.9 Å². The highest BCUT2D eigenvalue weighted by atomic mass is 32.2. The summed E-state index contributed by atoms with van der Waals surface area (Å²) in [6.45, 7) is 0. The van der Waals surface area contributed by atoms with Gasteiger partial charge in [0.25, 0.3) is 17.3 Å². The minimum absolute atomic E-state index is 0.0834. The molecule has 4 rings (SSSR count). The number of ether oxygens (including phenoxy) is 1. The molecule has 1 N–H and O–H groups in total. The van der Waals surface area contributed by atoms with Crippen LogP contribution in [-0.2, 0) is 4.79 Å². The largest absolute Gasteiger partial charge is 0.423 e. The molecular weight excluding hydrogens is 476 g/mol. The van der Waals surface area contributed by atoms with Crippen molar-refractivity contribution in [3.63, 3.8) is 0 Å². The zero-order chi connectivity index (χ0) is 24.9. The number of nitrogens with zero attached hydrogens (tertiary/aromatic N) is 3. The van der Waals surface area contributed by atoms with E-state index in [0.29, 0.717) is 21.3 Å². The number of carbonyl (C=O) groups excluding carboxylic acids is 2. The molecule has 1 heterocycles. The van der Waals surface area contributed by atoms with Crippen molar-refractivity contribution >= 4 is 51.9 Å². The third-order valence-corrected chi connectivity index (χ3v) is 5.47. The van der Waals surface area contributed by atoms with Crippen LogP contribution in [0.2, 0.25) is 0 Å². The van der Waals surface area contributed by atoms with Gasteiger partial charge in [0.2, 0.25) is 0 Å². The van der Waals surface area contributed by atoms with Gasteiger partial charge >= 0.3 is 5.97 Å². The van der Waals surface area contributed by atoms with Crippen LogP contribution in [0.4, 0.5) is 17.1 Å². The number of non-ortho nitro benzene ring substituents is 2. The van der Waals surface area contributed by atoms with Gasteiger partial charge in [0.05, 0.1) is 32.1 Å². The number of hydrogen-bond acceptors (Lipinski definition) is 9. The summed E-state index contributed by atoms with van der Waals surface area (Å²) >= 11 is 1.15. The summed E-state index contributed by atoms with van der Waals surface area (Å²) in [6, 6.07) is 17.9. The number of benzene rings is 3. The van der Waals surface area contributed by atoms with E-state index in [-0.39, 0.29) is 17.2 Å². The summed E-state index contributed by atoms with van der Waals surface area (Å²) in [4.78, 5) is 50.0. The Labute approximate surface area is 201 Å². The number of para-hydroxylation sites is 1. The molecular formula is C23H14N4O7S. The van der Waals surface area contributed by atoms with Crippen molar-refractivity contribution in [2.24, 2.45) is 4.99 Å². The number of nitro benzene ring substituents is 2. The van der Waals surface area contributed by atoms with Crippen LogP contribution in [0.15, 0.2) is 82.7 Å². The van der Waals surface area contributed by atoms with Gasteiger partial charge in [-0.15, -0.1) is 0 Å². The first kappa shape index (κ1) is 23.3. The maximum Gasteiger partial charge on any atom is 0.344 e. The van der Waals surface area contributed by atoms with E-state index >= 15 is 0 Å². The van der Waals surface area contributed by atoms with Gasteiger partial charge in [0.15, 0.2) is 5.17 Å². The van der Waals surface area contributed by atoms with E-state index in [2.05, 4.69) is 10.3 Å². The van der Waals surface area contributed by atoms with Gasteiger partial charge in [-0.05, 0) is 47.7 Å². The molecule has 11 nitrogen and oxygen atoms in total. The SMILES string of the molecule is O=C1NC(=Nc2ccccc2)S/C1=C/c1cccc(OC(=O)c2cc([N+](=O)[O-])cc([N+](=O)[O-])c2)c1. The van der Waals surface area contributed by atoms with Crippen molar-refractivity contribution in [3.8, 4) is 5.75 Å². The van der Waals surface area contributed by atoms with E-state index < -0.39 is 27.2 Å². The molecule has 0 atom stereocenters. The van der Waals surface area contributed by atoms with Crippen molar-refractivity contribution < 1.29 is 24.2 Å². The highest BCUT2D eigenvalue weighted by Crippen LogP contribution is 2.29. The number of amidine groups is 1. The number of nitrogens with one attached hydrogen (secondary N) is 1. The monoisotopic (exact) mass is 490 g/mol. The topological polar surface area (TPSA) is 154 Å². The summed E-state index contributed by atoms with van der Waals surface area (Å²) in [7, 11) is 0. The maximum absolute atomic E-state index is 12.5. The predicted octanol–water partition coefficient (Wildman–Crippen LogP) is 4.61. The third kappa shape index (κ3) is 5.75. The fourth-order valence-electron chi connectivity index (χ4n) is 3.01. The average Bonchev–Trinajstić information content (AvgIpc) is 3.17. The zero-order valence-electron chi connectivity index (χ0n) is 17.6. The van der Waals surface area contributed by atoms with Gasteiger partial charge in [0, 0.05) is 12.1 Å². The molecule has 3 aromatic carbocycles. The Balaban J connectivity index is 1.53.